The average molecular weight is 377 g/mol. The zero-order valence-corrected chi connectivity index (χ0v) is 16.6. The summed E-state index contributed by atoms with van der Waals surface area (Å²) in [4.78, 5) is 20.3. The number of amides is 2. The second kappa shape index (κ2) is 7.66. The van der Waals surface area contributed by atoms with E-state index in [4.69, 9.17) is 4.84 Å². The van der Waals surface area contributed by atoms with Gasteiger partial charge in [0.05, 0.1) is 5.71 Å². The van der Waals surface area contributed by atoms with Crippen LogP contribution in [-0.2, 0) is 11.4 Å². The van der Waals surface area contributed by atoms with Gasteiger partial charge in [0.2, 0.25) is 0 Å². The minimum absolute atomic E-state index is 0.00639. The zero-order valence-electron chi connectivity index (χ0n) is 16.6. The van der Waals surface area contributed by atoms with Crippen molar-refractivity contribution in [1.82, 2.24) is 10.2 Å². The second-order valence-corrected chi connectivity index (χ2v) is 7.99. The fourth-order valence-corrected chi connectivity index (χ4v) is 3.80. The van der Waals surface area contributed by atoms with Crippen molar-refractivity contribution in [3.63, 3.8) is 0 Å². The molecule has 1 N–H and O–H groups in total. The molecule has 0 atom stereocenters. The second-order valence-electron chi connectivity index (χ2n) is 7.99. The monoisotopic (exact) mass is 377 g/mol. The summed E-state index contributed by atoms with van der Waals surface area (Å²) in [7, 11) is 0. The van der Waals surface area contributed by atoms with Crippen LogP contribution in [0.15, 0.2) is 53.7 Å². The summed E-state index contributed by atoms with van der Waals surface area (Å²) in [6.45, 7) is 6.08. The van der Waals surface area contributed by atoms with Gasteiger partial charge in [0.1, 0.15) is 5.60 Å². The summed E-state index contributed by atoms with van der Waals surface area (Å²) < 4.78 is 0. The first-order valence-electron chi connectivity index (χ1n) is 9.93. The van der Waals surface area contributed by atoms with Crippen molar-refractivity contribution >= 4 is 11.7 Å². The van der Waals surface area contributed by atoms with Gasteiger partial charge in [-0.3, -0.25) is 0 Å². The van der Waals surface area contributed by atoms with Crippen molar-refractivity contribution in [1.29, 1.82) is 0 Å². The van der Waals surface area contributed by atoms with Gasteiger partial charge in [-0.15, -0.1) is 0 Å². The molecule has 2 aromatic carbocycles. The fraction of sp³-hybridized carbons (Fsp3) is 0.391. The van der Waals surface area contributed by atoms with Gasteiger partial charge in [-0.1, -0.05) is 64.8 Å². The number of oxime groups is 1. The Bertz CT molecular complexity index is 864. The maximum Gasteiger partial charge on any atom is 0.317 e. The highest BCUT2D eigenvalue weighted by Gasteiger charge is 2.43. The van der Waals surface area contributed by atoms with Gasteiger partial charge in [-0.05, 0) is 25.0 Å². The fourth-order valence-electron chi connectivity index (χ4n) is 3.80. The highest BCUT2D eigenvalue weighted by molar-refractivity contribution is 6.01. The van der Waals surface area contributed by atoms with Crippen molar-refractivity contribution in [2.45, 2.75) is 45.3 Å². The maximum atomic E-state index is 12.5. The largest absolute Gasteiger partial charge is 0.388 e. The third-order valence-electron chi connectivity index (χ3n) is 5.75. The molecule has 2 heterocycles. The molecule has 5 heteroatoms. The summed E-state index contributed by atoms with van der Waals surface area (Å²) in [6, 6.07) is 16.6. The number of carbonyl (C=O) groups excluding carboxylic acids is 1. The molecule has 0 radical (unpaired) electrons. The Kier molecular flexibility index (Phi) is 5.07. The van der Waals surface area contributed by atoms with Crippen LogP contribution in [0.2, 0.25) is 0 Å². The van der Waals surface area contributed by atoms with E-state index in [1.165, 1.54) is 11.1 Å². The molecule has 0 aromatic heterocycles. The van der Waals surface area contributed by atoms with Gasteiger partial charge in [0.25, 0.3) is 0 Å². The smallest absolute Gasteiger partial charge is 0.317 e. The highest BCUT2D eigenvalue weighted by atomic mass is 16.7. The molecule has 0 unspecified atom stereocenters. The molecule has 1 fully saturated rings. The van der Waals surface area contributed by atoms with Crippen LogP contribution < -0.4 is 5.32 Å². The van der Waals surface area contributed by atoms with Crippen LogP contribution in [0.4, 0.5) is 4.79 Å². The number of nitrogens with one attached hydrogen (secondary N) is 1. The summed E-state index contributed by atoms with van der Waals surface area (Å²) in [5.41, 5.74) is 5.46. The summed E-state index contributed by atoms with van der Waals surface area (Å²) in [5, 5.41) is 7.39. The molecule has 2 amide bonds. The van der Waals surface area contributed by atoms with Crippen LogP contribution >= 0.6 is 0 Å². The van der Waals surface area contributed by atoms with E-state index in [1.54, 1.807) is 0 Å². The number of hydrogen-bond donors (Lipinski definition) is 1. The van der Waals surface area contributed by atoms with Crippen molar-refractivity contribution in [3.05, 3.63) is 70.8 Å². The van der Waals surface area contributed by atoms with Gasteiger partial charge < -0.3 is 15.1 Å². The lowest BCUT2D eigenvalue weighted by atomic mass is 9.85. The standard InChI is InChI=1S/C23H27N3O2/c1-17-3-7-19(8-4-17)16-24-22(27)26-13-11-23(12-14-26)15-21(25-28-23)20-9-5-18(2)6-10-20/h3-10H,11-16H2,1-2H3,(H,24,27). The molecule has 28 heavy (non-hydrogen) atoms. The first-order valence-corrected chi connectivity index (χ1v) is 9.93. The van der Waals surface area contributed by atoms with Crippen molar-refractivity contribution in [2.24, 2.45) is 5.16 Å². The first kappa shape index (κ1) is 18.5. The Labute approximate surface area is 166 Å². The van der Waals surface area contributed by atoms with Gasteiger partial charge in [-0.2, -0.15) is 0 Å². The Hall–Kier alpha value is -2.82. The summed E-state index contributed by atoms with van der Waals surface area (Å²) >= 11 is 0. The number of carbonyl (C=O) groups is 1. The average Bonchev–Trinajstić information content (AvgIpc) is 3.12. The lowest BCUT2D eigenvalue weighted by Crippen LogP contribution is -2.49. The van der Waals surface area contributed by atoms with E-state index in [2.05, 4.69) is 72.9 Å². The van der Waals surface area contributed by atoms with Crippen LogP contribution in [0.5, 0.6) is 0 Å². The van der Waals surface area contributed by atoms with Crippen molar-refractivity contribution in [2.75, 3.05) is 13.1 Å². The van der Waals surface area contributed by atoms with E-state index in [9.17, 15) is 4.79 Å². The summed E-state index contributed by atoms with van der Waals surface area (Å²) in [6.07, 6.45) is 2.43. The van der Waals surface area contributed by atoms with Crippen molar-refractivity contribution < 1.29 is 9.63 Å². The van der Waals surface area contributed by atoms with Gasteiger partial charge in [0, 0.05) is 38.9 Å². The quantitative estimate of drug-likeness (QED) is 0.873. The van der Waals surface area contributed by atoms with E-state index < -0.39 is 0 Å². The maximum absolute atomic E-state index is 12.5. The number of urea groups is 1. The van der Waals surface area contributed by atoms with Crippen molar-refractivity contribution in [3.8, 4) is 0 Å². The molecule has 0 saturated carbocycles. The number of hydrogen-bond acceptors (Lipinski definition) is 3. The molecule has 1 saturated heterocycles. The normalized spacial score (nSPS) is 17.9. The predicted octanol–water partition coefficient (Wildman–Crippen LogP) is 4.17. The van der Waals surface area contributed by atoms with Crippen LogP contribution in [0.25, 0.3) is 0 Å². The zero-order chi connectivity index (χ0) is 19.6. The van der Waals surface area contributed by atoms with Gasteiger partial charge >= 0.3 is 6.03 Å². The molecule has 2 aliphatic heterocycles. The number of likely N-dealkylation sites (tertiary alicyclic amines) is 1. The Balaban J connectivity index is 1.28. The minimum Gasteiger partial charge on any atom is -0.388 e. The summed E-state index contributed by atoms with van der Waals surface area (Å²) in [5.74, 6) is 0. The van der Waals surface area contributed by atoms with E-state index in [0.717, 1.165) is 36.1 Å². The molecule has 4 rings (SSSR count). The van der Waals surface area contributed by atoms with E-state index in [0.29, 0.717) is 19.6 Å². The number of benzene rings is 2. The number of nitrogens with zero attached hydrogens (tertiary/aromatic N) is 2. The van der Waals surface area contributed by atoms with Crippen LogP contribution in [-0.4, -0.2) is 35.3 Å². The topological polar surface area (TPSA) is 53.9 Å². The third-order valence-corrected chi connectivity index (χ3v) is 5.75. The van der Waals surface area contributed by atoms with E-state index in [-0.39, 0.29) is 11.6 Å². The van der Waals surface area contributed by atoms with Gasteiger partial charge in [-0.25, -0.2) is 4.79 Å². The van der Waals surface area contributed by atoms with Crippen LogP contribution in [0.3, 0.4) is 0 Å². The van der Waals surface area contributed by atoms with Crippen LogP contribution in [0, 0.1) is 13.8 Å². The molecule has 146 valence electrons. The minimum atomic E-state index is -0.256. The molecule has 1 spiro atoms. The molecular weight excluding hydrogens is 350 g/mol. The molecule has 0 bridgehead atoms. The Morgan fingerprint density at radius 2 is 1.64 bits per heavy atom. The lowest BCUT2D eigenvalue weighted by molar-refractivity contribution is -0.0550. The highest BCUT2D eigenvalue weighted by Crippen LogP contribution is 2.36. The number of rotatable bonds is 3. The lowest BCUT2D eigenvalue weighted by Gasteiger charge is -2.37. The SMILES string of the molecule is Cc1ccc(CNC(=O)N2CCC3(CC2)CC(c2ccc(C)cc2)=NO3)cc1. The third kappa shape index (κ3) is 4.03. The number of piperidine rings is 1. The van der Waals surface area contributed by atoms with Gasteiger partial charge in [0.15, 0.2) is 0 Å². The van der Waals surface area contributed by atoms with Crippen LogP contribution in [0.1, 0.15) is 41.5 Å². The number of aryl methyl sites for hydroxylation is 2. The Morgan fingerprint density at radius 1 is 1.04 bits per heavy atom. The molecular formula is C23H27N3O2. The molecule has 2 aromatic rings. The molecule has 0 aliphatic carbocycles. The van der Waals surface area contributed by atoms with E-state index in [1.807, 2.05) is 4.90 Å². The predicted molar refractivity (Wildman–Crippen MR) is 110 cm³/mol. The van der Waals surface area contributed by atoms with E-state index >= 15 is 0 Å². The first-order chi connectivity index (χ1) is 13.5. The Morgan fingerprint density at radius 3 is 2.29 bits per heavy atom. The molecule has 5 nitrogen and oxygen atoms in total. The molecule has 2 aliphatic rings.